The Morgan fingerprint density at radius 1 is 1.45 bits per heavy atom. The van der Waals surface area contributed by atoms with Crippen LogP contribution in [-0.4, -0.2) is 41.1 Å². The van der Waals surface area contributed by atoms with Gasteiger partial charge in [-0.1, -0.05) is 0 Å². The number of amides is 1. The van der Waals surface area contributed by atoms with Crippen molar-refractivity contribution >= 4 is 11.7 Å². The molecule has 2 N–H and O–H groups in total. The largest absolute Gasteiger partial charge is 0.369 e. The first-order valence-corrected chi connectivity index (χ1v) is 7.16. The maximum Gasteiger partial charge on any atom is 0.221 e. The first kappa shape index (κ1) is 15.7. The van der Waals surface area contributed by atoms with Crippen LogP contribution in [0.5, 0.6) is 0 Å². The fourth-order valence-corrected chi connectivity index (χ4v) is 2.61. The molecular formula is C15H18N6O. The highest BCUT2D eigenvalue weighted by molar-refractivity contribution is 5.75. The molecule has 2 rings (SSSR count). The Kier molecular flexibility index (Phi) is 4.92. The molecule has 2 heterocycles. The van der Waals surface area contributed by atoms with Crippen molar-refractivity contribution in [1.82, 2.24) is 15.2 Å². The summed E-state index contributed by atoms with van der Waals surface area (Å²) in [5.41, 5.74) is -0.388. The van der Waals surface area contributed by atoms with Crippen LogP contribution >= 0.6 is 0 Å². The Morgan fingerprint density at radius 3 is 2.86 bits per heavy atom. The third-order valence-electron chi connectivity index (χ3n) is 3.69. The van der Waals surface area contributed by atoms with Crippen LogP contribution in [0.1, 0.15) is 25.3 Å². The van der Waals surface area contributed by atoms with Gasteiger partial charge in [0.2, 0.25) is 5.91 Å². The van der Waals surface area contributed by atoms with Crippen molar-refractivity contribution in [2.45, 2.75) is 25.4 Å². The Hall–Kier alpha value is -2.64. The maximum absolute atomic E-state index is 11.6. The van der Waals surface area contributed by atoms with E-state index < -0.39 is 5.66 Å². The van der Waals surface area contributed by atoms with Gasteiger partial charge in [-0.3, -0.25) is 10.1 Å². The van der Waals surface area contributed by atoms with Crippen molar-refractivity contribution < 1.29 is 4.79 Å². The number of anilines is 1. The number of nitrogens with zero attached hydrogens (tertiary/aromatic N) is 4. The summed E-state index contributed by atoms with van der Waals surface area (Å²) in [5.74, 6) is 0.579. The van der Waals surface area contributed by atoms with E-state index in [0.29, 0.717) is 37.4 Å². The van der Waals surface area contributed by atoms with Crippen LogP contribution in [0.2, 0.25) is 0 Å². The number of carbonyl (C=O) groups excluding carboxylic acids is 1. The second-order valence-electron chi connectivity index (χ2n) is 5.14. The predicted molar refractivity (Wildman–Crippen MR) is 80.4 cm³/mol. The summed E-state index contributed by atoms with van der Waals surface area (Å²) in [6.45, 7) is 3.19. The van der Waals surface area contributed by atoms with Gasteiger partial charge < -0.3 is 10.2 Å². The molecule has 7 nitrogen and oxygen atoms in total. The van der Waals surface area contributed by atoms with E-state index in [1.807, 2.05) is 6.07 Å². The van der Waals surface area contributed by atoms with Crippen molar-refractivity contribution in [1.29, 1.82) is 10.5 Å². The number of carbonyl (C=O) groups is 1. The summed E-state index contributed by atoms with van der Waals surface area (Å²) >= 11 is 0. The molecule has 1 amide bonds. The van der Waals surface area contributed by atoms with Crippen molar-refractivity contribution in [3.05, 3.63) is 23.9 Å². The zero-order chi connectivity index (χ0) is 16.0. The predicted octanol–water partition coefficient (Wildman–Crippen LogP) is 0.817. The topological polar surface area (TPSA) is 105 Å². The summed E-state index contributed by atoms with van der Waals surface area (Å²) in [5, 5.41) is 24.4. The number of aromatic nitrogens is 1. The van der Waals surface area contributed by atoms with Gasteiger partial charge in [-0.2, -0.15) is 10.5 Å². The number of rotatable bonds is 5. The molecule has 1 fully saturated rings. The minimum absolute atomic E-state index is 0.0896. The Balaban J connectivity index is 1.85. The summed E-state index contributed by atoms with van der Waals surface area (Å²) in [6.07, 6.45) is 2.96. The van der Waals surface area contributed by atoms with E-state index in [-0.39, 0.29) is 5.91 Å². The quantitative estimate of drug-likeness (QED) is 0.780. The molecule has 7 heteroatoms. The SMILES string of the molecule is CC(=O)N1CCC[C@]1(C#N)NCCNc1ccc(C#N)cn1. The molecule has 1 aliphatic heterocycles. The lowest BCUT2D eigenvalue weighted by Crippen LogP contribution is -2.56. The standard InChI is InChI=1S/C15H18N6O/c1-12(22)21-8-2-5-15(21,11-17)20-7-6-18-14-4-3-13(9-16)10-19-14/h3-4,10,20H,2,5-8H2,1H3,(H,18,19)/t15-/m0/s1. The van der Waals surface area contributed by atoms with E-state index in [2.05, 4.69) is 21.7 Å². The molecule has 0 aliphatic carbocycles. The van der Waals surface area contributed by atoms with E-state index in [9.17, 15) is 10.1 Å². The highest BCUT2D eigenvalue weighted by Gasteiger charge is 2.42. The molecule has 0 aromatic carbocycles. The van der Waals surface area contributed by atoms with Gasteiger partial charge in [0.1, 0.15) is 18.0 Å². The molecule has 1 aliphatic rings. The molecule has 1 aromatic rings. The number of nitriles is 2. The normalized spacial score (nSPS) is 20.2. The van der Waals surface area contributed by atoms with Gasteiger partial charge in [0.25, 0.3) is 0 Å². The van der Waals surface area contributed by atoms with Crippen molar-refractivity contribution in [3.8, 4) is 12.1 Å². The van der Waals surface area contributed by atoms with Gasteiger partial charge in [0.15, 0.2) is 5.66 Å². The number of hydrogen-bond acceptors (Lipinski definition) is 6. The Labute approximate surface area is 129 Å². The molecule has 0 bridgehead atoms. The van der Waals surface area contributed by atoms with Crippen LogP contribution in [0.3, 0.4) is 0 Å². The van der Waals surface area contributed by atoms with E-state index in [4.69, 9.17) is 5.26 Å². The van der Waals surface area contributed by atoms with Crippen molar-refractivity contribution in [3.63, 3.8) is 0 Å². The molecule has 0 spiro atoms. The molecule has 22 heavy (non-hydrogen) atoms. The zero-order valence-electron chi connectivity index (χ0n) is 12.5. The monoisotopic (exact) mass is 298 g/mol. The first-order chi connectivity index (χ1) is 10.6. The van der Waals surface area contributed by atoms with Gasteiger partial charge in [0.05, 0.1) is 5.56 Å². The summed E-state index contributed by atoms with van der Waals surface area (Å²) < 4.78 is 0. The molecule has 0 unspecified atom stereocenters. The van der Waals surface area contributed by atoms with E-state index in [0.717, 1.165) is 6.42 Å². The lowest BCUT2D eigenvalue weighted by molar-refractivity contribution is -0.132. The van der Waals surface area contributed by atoms with Crippen LogP contribution in [0.4, 0.5) is 5.82 Å². The van der Waals surface area contributed by atoms with Crippen LogP contribution in [0.25, 0.3) is 0 Å². The van der Waals surface area contributed by atoms with E-state index in [1.165, 1.54) is 13.1 Å². The average molecular weight is 298 g/mol. The van der Waals surface area contributed by atoms with Crippen LogP contribution < -0.4 is 10.6 Å². The molecule has 1 saturated heterocycles. The third kappa shape index (κ3) is 3.33. The lowest BCUT2D eigenvalue weighted by atomic mass is 10.1. The number of likely N-dealkylation sites (tertiary alicyclic amines) is 1. The highest BCUT2D eigenvalue weighted by Crippen LogP contribution is 2.26. The number of hydrogen-bond donors (Lipinski definition) is 2. The molecular weight excluding hydrogens is 280 g/mol. The zero-order valence-corrected chi connectivity index (χ0v) is 12.5. The fraction of sp³-hybridized carbons (Fsp3) is 0.467. The van der Waals surface area contributed by atoms with Gasteiger partial charge >= 0.3 is 0 Å². The first-order valence-electron chi connectivity index (χ1n) is 7.16. The van der Waals surface area contributed by atoms with Crippen LogP contribution in [0.15, 0.2) is 18.3 Å². The van der Waals surface area contributed by atoms with Crippen LogP contribution in [-0.2, 0) is 4.79 Å². The van der Waals surface area contributed by atoms with Gasteiger partial charge in [-0.25, -0.2) is 4.98 Å². The second-order valence-corrected chi connectivity index (χ2v) is 5.14. The highest BCUT2D eigenvalue weighted by atomic mass is 16.2. The van der Waals surface area contributed by atoms with Gasteiger partial charge in [-0.05, 0) is 25.0 Å². The molecule has 114 valence electrons. The molecule has 0 radical (unpaired) electrons. The van der Waals surface area contributed by atoms with Gasteiger partial charge in [-0.15, -0.1) is 0 Å². The summed E-state index contributed by atoms with van der Waals surface area (Å²) in [4.78, 5) is 17.3. The lowest BCUT2D eigenvalue weighted by Gasteiger charge is -2.32. The third-order valence-corrected chi connectivity index (χ3v) is 3.69. The average Bonchev–Trinajstić information content (AvgIpc) is 2.97. The van der Waals surface area contributed by atoms with Crippen molar-refractivity contribution in [2.24, 2.45) is 0 Å². The van der Waals surface area contributed by atoms with E-state index >= 15 is 0 Å². The van der Waals surface area contributed by atoms with Crippen molar-refractivity contribution in [2.75, 3.05) is 25.0 Å². The number of pyridine rings is 1. The minimum atomic E-state index is -0.897. The molecule has 1 atom stereocenters. The summed E-state index contributed by atoms with van der Waals surface area (Å²) in [6, 6.07) is 7.67. The van der Waals surface area contributed by atoms with Gasteiger partial charge in [0, 0.05) is 32.8 Å². The second kappa shape index (κ2) is 6.88. The smallest absolute Gasteiger partial charge is 0.221 e. The molecule has 1 aromatic heterocycles. The minimum Gasteiger partial charge on any atom is -0.369 e. The fourth-order valence-electron chi connectivity index (χ4n) is 2.61. The maximum atomic E-state index is 11.6. The summed E-state index contributed by atoms with van der Waals surface area (Å²) in [7, 11) is 0. The number of nitrogens with one attached hydrogen (secondary N) is 2. The molecule has 0 saturated carbocycles. The Morgan fingerprint density at radius 2 is 2.27 bits per heavy atom. The van der Waals surface area contributed by atoms with Crippen LogP contribution in [0, 0.1) is 22.7 Å². The van der Waals surface area contributed by atoms with E-state index in [1.54, 1.807) is 17.0 Å². The Bertz CT molecular complexity index is 614.